The molecule has 25 heavy (non-hydrogen) atoms. The van der Waals surface area contributed by atoms with Gasteiger partial charge in [0.05, 0.1) is 11.8 Å². The lowest BCUT2D eigenvalue weighted by Gasteiger charge is -2.22. The molecule has 0 radical (unpaired) electrons. The molecule has 1 aliphatic carbocycles. The molecule has 0 aliphatic heterocycles. The van der Waals surface area contributed by atoms with Crippen LogP contribution in [-0.2, 0) is 10.0 Å². The Hall–Kier alpha value is -2.06. The van der Waals surface area contributed by atoms with Crippen molar-refractivity contribution >= 4 is 33.2 Å². The van der Waals surface area contributed by atoms with Crippen molar-refractivity contribution in [2.75, 3.05) is 4.72 Å². The van der Waals surface area contributed by atoms with Crippen LogP contribution < -0.4 is 10.0 Å². The van der Waals surface area contributed by atoms with Gasteiger partial charge in [0, 0.05) is 16.8 Å². The predicted octanol–water partition coefficient (Wildman–Crippen LogP) is 2.93. The van der Waals surface area contributed by atoms with Gasteiger partial charge in [0.25, 0.3) is 15.9 Å². The van der Waals surface area contributed by atoms with Crippen molar-refractivity contribution in [3.63, 3.8) is 0 Å². The normalized spacial score (nSPS) is 15.7. The number of rotatable bonds is 5. The zero-order valence-corrected chi connectivity index (χ0v) is 15.0. The average molecular weight is 383 g/mol. The lowest BCUT2D eigenvalue weighted by Crippen LogP contribution is -2.36. The van der Waals surface area contributed by atoms with Crippen molar-refractivity contribution in [2.24, 2.45) is 0 Å². The molecule has 0 bridgehead atoms. The third kappa shape index (κ3) is 4.32. The standard InChI is InChI=1S/C16H19ClN4O3S/c17-11-6-8-13(9-7-11)21-25(23,24)16-14(10-18-20-16)15(22)19-12-4-2-1-3-5-12/h6-10,12,21H,1-5H2,(H,18,20)(H,19,22). The summed E-state index contributed by atoms with van der Waals surface area (Å²) in [4.78, 5) is 12.5. The molecular weight excluding hydrogens is 364 g/mol. The summed E-state index contributed by atoms with van der Waals surface area (Å²) in [6.45, 7) is 0. The molecule has 1 fully saturated rings. The van der Waals surface area contributed by atoms with Crippen LogP contribution in [0.2, 0.25) is 5.02 Å². The van der Waals surface area contributed by atoms with E-state index in [2.05, 4.69) is 20.2 Å². The Morgan fingerprint density at radius 1 is 1.16 bits per heavy atom. The van der Waals surface area contributed by atoms with E-state index in [9.17, 15) is 13.2 Å². The first-order valence-corrected chi connectivity index (χ1v) is 9.94. The molecule has 0 saturated heterocycles. The summed E-state index contributed by atoms with van der Waals surface area (Å²) >= 11 is 5.80. The monoisotopic (exact) mass is 382 g/mol. The number of carbonyl (C=O) groups is 1. The third-order valence-corrected chi connectivity index (χ3v) is 5.76. The Bertz CT molecular complexity index is 843. The number of nitrogens with one attached hydrogen (secondary N) is 3. The highest BCUT2D eigenvalue weighted by molar-refractivity contribution is 7.92. The minimum Gasteiger partial charge on any atom is -0.349 e. The van der Waals surface area contributed by atoms with Gasteiger partial charge < -0.3 is 5.32 Å². The SMILES string of the molecule is O=C(NC1CCCCC1)c1cn[nH]c1S(=O)(=O)Nc1ccc(Cl)cc1. The van der Waals surface area contributed by atoms with Crippen LogP contribution in [0.1, 0.15) is 42.5 Å². The molecule has 1 aliphatic rings. The Kier molecular flexibility index (Phi) is 5.29. The Morgan fingerprint density at radius 3 is 2.52 bits per heavy atom. The van der Waals surface area contributed by atoms with Crippen molar-refractivity contribution in [1.29, 1.82) is 0 Å². The molecule has 1 saturated carbocycles. The maximum Gasteiger partial charge on any atom is 0.279 e. The highest BCUT2D eigenvalue weighted by atomic mass is 35.5. The molecule has 0 unspecified atom stereocenters. The van der Waals surface area contributed by atoms with Gasteiger partial charge in [-0.2, -0.15) is 13.5 Å². The number of amides is 1. The van der Waals surface area contributed by atoms with Crippen molar-refractivity contribution in [1.82, 2.24) is 15.5 Å². The van der Waals surface area contributed by atoms with E-state index in [1.807, 2.05) is 0 Å². The maximum atomic E-state index is 12.6. The molecule has 9 heteroatoms. The van der Waals surface area contributed by atoms with E-state index < -0.39 is 15.9 Å². The molecule has 0 atom stereocenters. The zero-order chi connectivity index (χ0) is 17.9. The van der Waals surface area contributed by atoms with Crippen molar-refractivity contribution in [2.45, 2.75) is 43.2 Å². The van der Waals surface area contributed by atoms with Crippen LogP contribution in [0.3, 0.4) is 0 Å². The molecule has 1 heterocycles. The van der Waals surface area contributed by atoms with Gasteiger partial charge in [-0.25, -0.2) is 0 Å². The van der Waals surface area contributed by atoms with Crippen LogP contribution in [0.25, 0.3) is 0 Å². The van der Waals surface area contributed by atoms with E-state index in [0.717, 1.165) is 25.7 Å². The lowest BCUT2D eigenvalue weighted by molar-refractivity contribution is 0.0924. The number of nitrogens with zero attached hydrogens (tertiary/aromatic N) is 1. The first kappa shape index (κ1) is 17.8. The van der Waals surface area contributed by atoms with Gasteiger partial charge in [0.1, 0.15) is 0 Å². The summed E-state index contributed by atoms with van der Waals surface area (Å²) in [6, 6.07) is 6.30. The summed E-state index contributed by atoms with van der Waals surface area (Å²) in [5.41, 5.74) is 0.352. The van der Waals surface area contributed by atoms with E-state index in [1.165, 1.54) is 24.8 Å². The maximum absolute atomic E-state index is 12.6. The fraction of sp³-hybridized carbons (Fsp3) is 0.375. The molecule has 3 rings (SSSR count). The van der Waals surface area contributed by atoms with Crippen LogP contribution in [-0.4, -0.2) is 30.6 Å². The minimum absolute atomic E-state index is 0.00652. The van der Waals surface area contributed by atoms with Gasteiger partial charge in [-0.3, -0.25) is 14.6 Å². The predicted molar refractivity (Wildman–Crippen MR) is 95.2 cm³/mol. The van der Waals surface area contributed by atoms with Gasteiger partial charge >= 0.3 is 0 Å². The Balaban J connectivity index is 1.77. The van der Waals surface area contributed by atoms with Crippen LogP contribution in [0.4, 0.5) is 5.69 Å². The van der Waals surface area contributed by atoms with E-state index >= 15 is 0 Å². The Morgan fingerprint density at radius 2 is 1.84 bits per heavy atom. The summed E-state index contributed by atoms with van der Waals surface area (Å²) in [5, 5.41) is 9.28. The molecule has 3 N–H and O–H groups in total. The van der Waals surface area contributed by atoms with E-state index in [4.69, 9.17) is 11.6 Å². The molecule has 2 aromatic rings. The highest BCUT2D eigenvalue weighted by Gasteiger charge is 2.26. The average Bonchev–Trinajstić information content (AvgIpc) is 3.09. The van der Waals surface area contributed by atoms with Crippen LogP contribution >= 0.6 is 11.6 Å². The van der Waals surface area contributed by atoms with Gasteiger partial charge in [0.2, 0.25) is 0 Å². The lowest BCUT2D eigenvalue weighted by atomic mass is 9.95. The third-order valence-electron chi connectivity index (χ3n) is 4.15. The molecule has 7 nitrogen and oxygen atoms in total. The largest absolute Gasteiger partial charge is 0.349 e. The topological polar surface area (TPSA) is 104 Å². The number of anilines is 1. The summed E-state index contributed by atoms with van der Waals surface area (Å²) < 4.78 is 27.5. The molecule has 0 spiro atoms. The van der Waals surface area contributed by atoms with Crippen molar-refractivity contribution < 1.29 is 13.2 Å². The van der Waals surface area contributed by atoms with E-state index in [-0.39, 0.29) is 16.6 Å². The van der Waals surface area contributed by atoms with Crippen molar-refractivity contribution in [3.8, 4) is 0 Å². The second-order valence-electron chi connectivity index (χ2n) is 6.03. The first-order chi connectivity index (χ1) is 12.0. The second-order valence-corrected chi connectivity index (χ2v) is 8.09. The van der Waals surface area contributed by atoms with E-state index in [1.54, 1.807) is 12.1 Å². The highest BCUT2D eigenvalue weighted by Crippen LogP contribution is 2.21. The quantitative estimate of drug-likeness (QED) is 0.739. The van der Waals surface area contributed by atoms with Gasteiger partial charge in [0.15, 0.2) is 5.03 Å². The van der Waals surface area contributed by atoms with Gasteiger partial charge in [-0.1, -0.05) is 30.9 Å². The number of H-pyrrole nitrogens is 1. The number of aromatic amines is 1. The van der Waals surface area contributed by atoms with Crippen LogP contribution in [0.15, 0.2) is 35.5 Å². The fourth-order valence-corrected chi connectivity index (χ4v) is 4.16. The van der Waals surface area contributed by atoms with Gasteiger partial charge in [-0.15, -0.1) is 0 Å². The van der Waals surface area contributed by atoms with E-state index in [0.29, 0.717) is 10.7 Å². The summed E-state index contributed by atoms with van der Waals surface area (Å²) in [7, 11) is -3.97. The number of aromatic nitrogens is 2. The number of hydrogen-bond acceptors (Lipinski definition) is 4. The number of halogens is 1. The first-order valence-electron chi connectivity index (χ1n) is 8.08. The summed E-state index contributed by atoms with van der Waals surface area (Å²) in [5.74, 6) is -0.433. The number of hydrogen-bond donors (Lipinski definition) is 3. The fourth-order valence-electron chi connectivity index (χ4n) is 2.88. The molecular formula is C16H19ClN4O3S. The molecule has 134 valence electrons. The van der Waals surface area contributed by atoms with Crippen LogP contribution in [0, 0.1) is 0 Å². The molecule has 1 aromatic heterocycles. The smallest absolute Gasteiger partial charge is 0.279 e. The molecule has 1 aromatic carbocycles. The molecule has 1 amide bonds. The second kappa shape index (κ2) is 7.45. The number of benzene rings is 1. The minimum atomic E-state index is -3.97. The van der Waals surface area contributed by atoms with Gasteiger partial charge in [-0.05, 0) is 37.1 Å². The summed E-state index contributed by atoms with van der Waals surface area (Å²) in [6.07, 6.45) is 6.36. The van der Waals surface area contributed by atoms with Crippen LogP contribution in [0.5, 0.6) is 0 Å². The zero-order valence-electron chi connectivity index (χ0n) is 13.5. The van der Waals surface area contributed by atoms with Crippen molar-refractivity contribution in [3.05, 3.63) is 41.0 Å². The number of sulfonamides is 1. The Labute approximate surface area is 151 Å². The number of carbonyl (C=O) groups excluding carboxylic acids is 1.